The second-order valence-corrected chi connectivity index (χ2v) is 11.0. The third-order valence-corrected chi connectivity index (χ3v) is 8.33. The fourth-order valence-corrected chi connectivity index (χ4v) is 6.45. The molecule has 1 amide bonds. The van der Waals surface area contributed by atoms with E-state index in [4.69, 9.17) is 12.2 Å². The van der Waals surface area contributed by atoms with Crippen LogP contribution in [0.2, 0.25) is 0 Å². The summed E-state index contributed by atoms with van der Waals surface area (Å²) in [6, 6.07) is 14.9. The van der Waals surface area contributed by atoms with Crippen LogP contribution < -0.4 is 10.6 Å². The van der Waals surface area contributed by atoms with Gasteiger partial charge < -0.3 is 20.1 Å². The summed E-state index contributed by atoms with van der Waals surface area (Å²) in [6.45, 7) is 9.04. The molecule has 6 nitrogen and oxygen atoms in total. The number of carbonyl (C=O) groups is 1. The van der Waals surface area contributed by atoms with Gasteiger partial charge in [-0.2, -0.15) is 0 Å². The van der Waals surface area contributed by atoms with Gasteiger partial charge in [-0.3, -0.25) is 9.78 Å². The molecule has 2 aromatic heterocycles. The Labute approximate surface area is 225 Å². The summed E-state index contributed by atoms with van der Waals surface area (Å²) in [6.07, 6.45) is 7.25. The Bertz CT molecular complexity index is 1290. The Morgan fingerprint density at radius 3 is 2.62 bits per heavy atom. The number of nitrogens with one attached hydrogen (secondary N) is 2. The summed E-state index contributed by atoms with van der Waals surface area (Å²) < 4.78 is 2.53. The third kappa shape index (κ3) is 5.14. The topological polar surface area (TPSA) is 62.2 Å². The van der Waals surface area contributed by atoms with Gasteiger partial charge in [-0.25, -0.2) is 0 Å². The van der Waals surface area contributed by atoms with E-state index in [9.17, 15) is 4.79 Å². The van der Waals surface area contributed by atoms with Gasteiger partial charge >= 0.3 is 0 Å². The van der Waals surface area contributed by atoms with Crippen molar-refractivity contribution in [2.45, 2.75) is 77.9 Å². The van der Waals surface area contributed by atoms with Crippen LogP contribution in [0.15, 0.2) is 48.7 Å². The van der Waals surface area contributed by atoms with Crippen molar-refractivity contribution in [3.8, 4) is 0 Å². The molecule has 0 radical (unpaired) electrons. The highest BCUT2D eigenvalue weighted by Crippen LogP contribution is 2.43. The minimum atomic E-state index is -0.0756. The minimum absolute atomic E-state index is 0.00651. The number of hydrogen-bond donors (Lipinski definition) is 2. The zero-order valence-electron chi connectivity index (χ0n) is 22.3. The fraction of sp³-hybridized carbons (Fsp3) is 0.433. The summed E-state index contributed by atoms with van der Waals surface area (Å²) in [5, 5.41) is 7.31. The van der Waals surface area contributed by atoms with Crippen LogP contribution in [0, 0.1) is 27.7 Å². The SMILES string of the molecule is Cc1ccc(C)c(NC(=O)CCN2C(=S)NC(c3ccccn3)C2c2cc(C)n(C3CCCC3)c2C)c1. The van der Waals surface area contributed by atoms with Gasteiger partial charge in [0.2, 0.25) is 5.91 Å². The summed E-state index contributed by atoms with van der Waals surface area (Å²) in [5.74, 6) is -0.00651. The molecule has 0 bridgehead atoms. The van der Waals surface area contributed by atoms with Crippen LogP contribution >= 0.6 is 12.2 Å². The van der Waals surface area contributed by atoms with E-state index in [-0.39, 0.29) is 18.0 Å². The number of rotatable bonds is 7. The fourth-order valence-electron chi connectivity index (χ4n) is 6.12. The van der Waals surface area contributed by atoms with Crippen molar-refractivity contribution in [3.63, 3.8) is 0 Å². The van der Waals surface area contributed by atoms with Gasteiger partial charge in [0.15, 0.2) is 5.11 Å². The normalized spacial score (nSPS) is 19.9. The number of nitrogens with zero attached hydrogens (tertiary/aromatic N) is 3. The summed E-state index contributed by atoms with van der Waals surface area (Å²) >= 11 is 5.85. The van der Waals surface area contributed by atoms with Gasteiger partial charge in [0.25, 0.3) is 0 Å². The van der Waals surface area contributed by atoms with Gasteiger partial charge in [-0.05, 0) is 93.7 Å². The Kier molecular flexibility index (Phi) is 7.33. The van der Waals surface area contributed by atoms with Crippen LogP contribution in [0.3, 0.4) is 0 Å². The van der Waals surface area contributed by atoms with Crippen LogP contribution in [0.25, 0.3) is 0 Å². The molecule has 5 rings (SSSR count). The van der Waals surface area contributed by atoms with Crippen LogP contribution in [-0.4, -0.2) is 32.0 Å². The first-order chi connectivity index (χ1) is 17.8. The molecule has 1 aliphatic heterocycles. The number of anilines is 1. The molecule has 1 aliphatic carbocycles. The maximum absolute atomic E-state index is 13.0. The van der Waals surface area contributed by atoms with Gasteiger partial charge in [0, 0.05) is 42.3 Å². The van der Waals surface area contributed by atoms with E-state index in [1.165, 1.54) is 42.6 Å². The molecule has 1 saturated carbocycles. The second-order valence-electron chi connectivity index (χ2n) is 10.6. The van der Waals surface area contributed by atoms with E-state index in [2.05, 4.69) is 57.1 Å². The Hall–Kier alpha value is -3.19. The number of amides is 1. The molecule has 7 heteroatoms. The molecule has 2 N–H and O–H groups in total. The maximum Gasteiger partial charge on any atom is 0.226 e. The van der Waals surface area contributed by atoms with E-state index < -0.39 is 0 Å². The van der Waals surface area contributed by atoms with Gasteiger partial charge in [0.1, 0.15) is 0 Å². The van der Waals surface area contributed by atoms with E-state index in [0.717, 1.165) is 22.5 Å². The highest BCUT2D eigenvalue weighted by Gasteiger charge is 2.41. The van der Waals surface area contributed by atoms with Crippen molar-refractivity contribution in [1.82, 2.24) is 19.8 Å². The molecule has 194 valence electrons. The summed E-state index contributed by atoms with van der Waals surface area (Å²) in [5.41, 5.74) is 7.88. The molecule has 2 atom stereocenters. The van der Waals surface area contributed by atoms with E-state index >= 15 is 0 Å². The minimum Gasteiger partial charge on any atom is -0.352 e. The van der Waals surface area contributed by atoms with Crippen LogP contribution in [0.1, 0.15) is 84.0 Å². The maximum atomic E-state index is 13.0. The molecule has 0 spiro atoms. The Morgan fingerprint density at radius 1 is 1.11 bits per heavy atom. The largest absolute Gasteiger partial charge is 0.352 e. The molecular weight excluding hydrogens is 478 g/mol. The Morgan fingerprint density at radius 2 is 1.89 bits per heavy atom. The lowest BCUT2D eigenvalue weighted by molar-refractivity contribution is -0.116. The Balaban J connectivity index is 1.43. The van der Waals surface area contributed by atoms with E-state index in [0.29, 0.717) is 24.1 Å². The predicted molar refractivity (Wildman–Crippen MR) is 153 cm³/mol. The monoisotopic (exact) mass is 515 g/mol. The van der Waals surface area contributed by atoms with Crippen LogP contribution in [-0.2, 0) is 4.79 Å². The van der Waals surface area contributed by atoms with Gasteiger partial charge in [0.05, 0.1) is 17.8 Å². The van der Waals surface area contributed by atoms with Crippen molar-refractivity contribution >= 4 is 28.9 Å². The standard InChI is InChI=1S/C30H37N5OS/c1-19-12-13-20(2)26(17-19)32-27(36)14-16-34-29(28(33-30(34)37)25-11-7-8-15-31-25)24-18-21(3)35(22(24)4)23-9-5-6-10-23/h7-8,11-13,15,17-18,23,28-29H,5-6,9-10,14,16H2,1-4H3,(H,32,36)(H,33,37). The number of aromatic nitrogens is 2. The average Bonchev–Trinajstić information content (AvgIpc) is 3.58. The van der Waals surface area contributed by atoms with Crippen LogP contribution in [0.4, 0.5) is 5.69 Å². The molecule has 2 fully saturated rings. The molecular formula is C30H37N5OS. The molecule has 2 unspecified atom stereocenters. The molecule has 2 aliphatic rings. The highest BCUT2D eigenvalue weighted by molar-refractivity contribution is 7.80. The van der Waals surface area contributed by atoms with Crippen molar-refractivity contribution in [1.29, 1.82) is 0 Å². The highest BCUT2D eigenvalue weighted by atomic mass is 32.1. The molecule has 37 heavy (non-hydrogen) atoms. The van der Waals surface area contributed by atoms with Crippen molar-refractivity contribution in [3.05, 3.63) is 82.4 Å². The summed E-state index contributed by atoms with van der Waals surface area (Å²) in [4.78, 5) is 19.9. The van der Waals surface area contributed by atoms with Crippen LogP contribution in [0.5, 0.6) is 0 Å². The first-order valence-corrected chi connectivity index (χ1v) is 13.8. The number of benzene rings is 1. The zero-order chi connectivity index (χ0) is 26.1. The lowest BCUT2D eigenvalue weighted by Gasteiger charge is -2.28. The molecule has 3 aromatic rings. The first-order valence-electron chi connectivity index (χ1n) is 13.4. The number of carbonyl (C=O) groups excluding carboxylic acids is 1. The smallest absolute Gasteiger partial charge is 0.226 e. The lowest BCUT2D eigenvalue weighted by atomic mass is 9.96. The number of thiocarbonyl (C=S) groups is 1. The van der Waals surface area contributed by atoms with Crippen molar-refractivity contribution in [2.75, 3.05) is 11.9 Å². The van der Waals surface area contributed by atoms with E-state index in [1.54, 1.807) is 0 Å². The predicted octanol–water partition coefficient (Wildman–Crippen LogP) is 6.23. The number of aryl methyl sites for hydroxylation is 3. The van der Waals surface area contributed by atoms with Crippen molar-refractivity contribution in [2.24, 2.45) is 0 Å². The van der Waals surface area contributed by atoms with Crippen molar-refractivity contribution < 1.29 is 4.79 Å². The molecule has 1 aromatic carbocycles. The first kappa shape index (κ1) is 25.5. The summed E-state index contributed by atoms with van der Waals surface area (Å²) in [7, 11) is 0. The number of pyridine rings is 1. The van der Waals surface area contributed by atoms with Gasteiger partial charge in [-0.15, -0.1) is 0 Å². The third-order valence-electron chi connectivity index (χ3n) is 7.98. The quantitative estimate of drug-likeness (QED) is 0.365. The lowest BCUT2D eigenvalue weighted by Crippen LogP contribution is -2.33. The average molecular weight is 516 g/mol. The zero-order valence-corrected chi connectivity index (χ0v) is 23.1. The second kappa shape index (κ2) is 10.7. The van der Waals surface area contributed by atoms with Gasteiger partial charge in [-0.1, -0.05) is 31.0 Å². The molecule has 1 saturated heterocycles. The molecule has 3 heterocycles. The number of hydrogen-bond acceptors (Lipinski definition) is 3. The van der Waals surface area contributed by atoms with E-state index in [1.807, 2.05) is 44.3 Å².